The number of aliphatic hydroxyl groups excluding tert-OH is 1. The largest absolute Gasteiger partial charge is 0.394 e. The molecule has 7 heteroatoms. The summed E-state index contributed by atoms with van der Waals surface area (Å²) in [5.41, 5.74) is 4.25. The van der Waals surface area contributed by atoms with E-state index in [0.717, 1.165) is 37.6 Å². The number of nitrogens with zero attached hydrogens (tertiary/aromatic N) is 2. The first-order valence-corrected chi connectivity index (χ1v) is 12.8. The molecule has 0 unspecified atom stereocenters. The molecule has 0 radical (unpaired) electrons. The number of amides is 1. The van der Waals surface area contributed by atoms with E-state index in [1.54, 1.807) is 6.20 Å². The zero-order chi connectivity index (χ0) is 25.5. The molecule has 1 amide bonds. The number of H-pyrrole nitrogens is 1. The molecule has 0 saturated carbocycles. The van der Waals surface area contributed by atoms with Crippen LogP contribution in [0.1, 0.15) is 27.3 Å². The van der Waals surface area contributed by atoms with E-state index < -0.39 is 0 Å². The van der Waals surface area contributed by atoms with Gasteiger partial charge >= 0.3 is 0 Å². The van der Waals surface area contributed by atoms with Crippen LogP contribution < -0.4 is 5.32 Å². The third kappa shape index (κ3) is 6.14. The van der Waals surface area contributed by atoms with Crippen LogP contribution >= 0.6 is 11.8 Å². The molecular formula is C30H26N4O2S. The van der Waals surface area contributed by atoms with E-state index in [-0.39, 0.29) is 18.6 Å². The van der Waals surface area contributed by atoms with Crippen molar-refractivity contribution in [2.75, 3.05) is 6.61 Å². The fourth-order valence-electron chi connectivity index (χ4n) is 4.04. The average Bonchev–Trinajstić information content (AvgIpc) is 3.35. The van der Waals surface area contributed by atoms with Crippen molar-refractivity contribution in [1.82, 2.24) is 20.5 Å². The highest BCUT2D eigenvalue weighted by molar-refractivity contribution is 7.99. The second kappa shape index (κ2) is 11.7. The summed E-state index contributed by atoms with van der Waals surface area (Å²) in [7, 11) is 0. The minimum atomic E-state index is -0.369. The maximum absolute atomic E-state index is 13.2. The lowest BCUT2D eigenvalue weighted by Gasteiger charge is -2.17. The first kappa shape index (κ1) is 24.5. The SMILES string of the molecule is O=C(N[C@H](CO)Cc1ccccc1)c1ccccc1Sc1ccc2c(/C=C/c3ccccn3)n[nH]c2c1. The van der Waals surface area contributed by atoms with Crippen LogP contribution in [-0.4, -0.2) is 38.8 Å². The number of aliphatic hydroxyl groups is 1. The van der Waals surface area contributed by atoms with Gasteiger partial charge in [-0.3, -0.25) is 14.9 Å². The number of pyridine rings is 1. The van der Waals surface area contributed by atoms with E-state index in [4.69, 9.17) is 0 Å². The number of rotatable bonds is 9. The van der Waals surface area contributed by atoms with Crippen LogP contribution in [0.3, 0.4) is 0 Å². The number of nitrogens with one attached hydrogen (secondary N) is 2. The molecule has 1 atom stereocenters. The Morgan fingerprint density at radius 2 is 1.78 bits per heavy atom. The quantitative estimate of drug-likeness (QED) is 0.242. The molecule has 37 heavy (non-hydrogen) atoms. The minimum Gasteiger partial charge on any atom is -0.394 e. The van der Waals surface area contributed by atoms with Gasteiger partial charge in [0.1, 0.15) is 0 Å². The van der Waals surface area contributed by atoms with Crippen molar-refractivity contribution in [2.45, 2.75) is 22.3 Å². The zero-order valence-corrected chi connectivity index (χ0v) is 20.9. The van der Waals surface area contributed by atoms with Crippen LogP contribution in [0.25, 0.3) is 23.1 Å². The second-order valence-corrected chi connectivity index (χ2v) is 9.66. The number of benzene rings is 3. The van der Waals surface area contributed by atoms with Gasteiger partial charge in [0.2, 0.25) is 0 Å². The van der Waals surface area contributed by atoms with E-state index in [2.05, 4.69) is 20.5 Å². The molecule has 0 aliphatic heterocycles. The summed E-state index contributed by atoms with van der Waals surface area (Å²) in [5.74, 6) is -0.206. The molecule has 5 aromatic rings. The molecule has 0 bridgehead atoms. The Balaban J connectivity index is 1.31. The van der Waals surface area contributed by atoms with Gasteiger partial charge in [-0.2, -0.15) is 5.10 Å². The number of carbonyl (C=O) groups is 1. The maximum Gasteiger partial charge on any atom is 0.252 e. The molecule has 2 heterocycles. The highest BCUT2D eigenvalue weighted by atomic mass is 32.2. The lowest BCUT2D eigenvalue weighted by molar-refractivity contribution is 0.0913. The normalized spacial score (nSPS) is 12.1. The number of carbonyl (C=O) groups excluding carboxylic acids is 1. The summed E-state index contributed by atoms with van der Waals surface area (Å²) in [6.07, 6.45) is 6.20. The highest BCUT2D eigenvalue weighted by Gasteiger charge is 2.17. The van der Waals surface area contributed by atoms with Crippen molar-refractivity contribution in [3.8, 4) is 0 Å². The lowest BCUT2D eigenvalue weighted by Crippen LogP contribution is -2.39. The second-order valence-electron chi connectivity index (χ2n) is 8.55. The Morgan fingerprint density at radius 3 is 2.59 bits per heavy atom. The van der Waals surface area contributed by atoms with Crippen molar-refractivity contribution < 1.29 is 9.90 Å². The van der Waals surface area contributed by atoms with Gasteiger partial charge in [-0.25, -0.2) is 0 Å². The Hall–Kier alpha value is -4.20. The molecule has 2 aromatic heterocycles. The highest BCUT2D eigenvalue weighted by Crippen LogP contribution is 2.33. The zero-order valence-electron chi connectivity index (χ0n) is 20.0. The molecule has 0 aliphatic carbocycles. The third-order valence-electron chi connectivity index (χ3n) is 5.90. The van der Waals surface area contributed by atoms with Crippen LogP contribution in [0, 0.1) is 0 Å². The van der Waals surface area contributed by atoms with Crippen molar-refractivity contribution in [2.24, 2.45) is 0 Å². The Morgan fingerprint density at radius 1 is 0.973 bits per heavy atom. The van der Waals surface area contributed by atoms with Gasteiger partial charge in [0, 0.05) is 21.4 Å². The summed E-state index contributed by atoms with van der Waals surface area (Å²) in [5, 5.41) is 21.4. The van der Waals surface area contributed by atoms with Crippen molar-refractivity contribution >= 4 is 40.7 Å². The van der Waals surface area contributed by atoms with E-state index in [1.165, 1.54) is 11.8 Å². The third-order valence-corrected chi connectivity index (χ3v) is 6.97. The summed E-state index contributed by atoms with van der Waals surface area (Å²) < 4.78 is 0. The summed E-state index contributed by atoms with van der Waals surface area (Å²) >= 11 is 1.52. The molecule has 0 aliphatic rings. The average molecular weight is 507 g/mol. The first-order chi connectivity index (χ1) is 18.2. The van der Waals surface area contributed by atoms with Crippen LogP contribution in [0.15, 0.2) is 107 Å². The van der Waals surface area contributed by atoms with Gasteiger partial charge in [0.25, 0.3) is 5.91 Å². The molecule has 0 saturated heterocycles. The van der Waals surface area contributed by atoms with Crippen molar-refractivity contribution in [3.63, 3.8) is 0 Å². The summed E-state index contributed by atoms with van der Waals surface area (Å²) in [6.45, 7) is -0.135. The van der Waals surface area contributed by atoms with E-state index in [1.807, 2.05) is 103 Å². The molecule has 3 N–H and O–H groups in total. The van der Waals surface area contributed by atoms with Crippen LogP contribution in [-0.2, 0) is 6.42 Å². The van der Waals surface area contributed by atoms with Gasteiger partial charge in [-0.15, -0.1) is 0 Å². The van der Waals surface area contributed by atoms with Crippen LogP contribution in [0.5, 0.6) is 0 Å². The molecule has 5 rings (SSSR count). The molecule has 184 valence electrons. The van der Waals surface area contributed by atoms with Gasteiger partial charge in [-0.1, -0.05) is 60.3 Å². The molecule has 0 fully saturated rings. The van der Waals surface area contributed by atoms with E-state index >= 15 is 0 Å². The molecule has 3 aromatic carbocycles. The van der Waals surface area contributed by atoms with Crippen molar-refractivity contribution in [1.29, 1.82) is 0 Å². The Kier molecular flexibility index (Phi) is 7.74. The van der Waals surface area contributed by atoms with Crippen LogP contribution in [0.2, 0.25) is 0 Å². The Labute approximate surface area is 219 Å². The maximum atomic E-state index is 13.2. The summed E-state index contributed by atoms with van der Waals surface area (Å²) in [4.78, 5) is 19.3. The number of aromatic nitrogens is 3. The molecule has 0 spiro atoms. The standard InChI is InChI=1S/C30H26N4O2S/c35-20-23(18-21-8-2-1-3-9-21)32-30(36)26-11-4-5-12-29(26)37-24-14-15-25-27(33-34-28(25)19-24)16-13-22-10-6-7-17-31-22/h1-17,19,23,35H,18,20H2,(H,32,36)(H,33,34)/b16-13+/t23-/m0/s1. The van der Waals surface area contributed by atoms with E-state index in [0.29, 0.717) is 12.0 Å². The monoisotopic (exact) mass is 506 g/mol. The topological polar surface area (TPSA) is 90.9 Å². The van der Waals surface area contributed by atoms with Gasteiger partial charge in [-0.05, 0) is 66.6 Å². The van der Waals surface area contributed by atoms with E-state index in [9.17, 15) is 9.90 Å². The van der Waals surface area contributed by atoms with Gasteiger partial charge < -0.3 is 10.4 Å². The first-order valence-electron chi connectivity index (χ1n) is 12.0. The fraction of sp³-hybridized carbons (Fsp3) is 0.100. The smallest absolute Gasteiger partial charge is 0.252 e. The predicted molar refractivity (Wildman–Crippen MR) is 148 cm³/mol. The molecule has 6 nitrogen and oxygen atoms in total. The molecular weight excluding hydrogens is 480 g/mol. The van der Waals surface area contributed by atoms with Gasteiger partial charge in [0.05, 0.1) is 35.1 Å². The number of hydrogen-bond acceptors (Lipinski definition) is 5. The number of aromatic amines is 1. The predicted octanol–water partition coefficient (Wildman–Crippen LogP) is 5.61. The van der Waals surface area contributed by atoms with Gasteiger partial charge in [0.15, 0.2) is 0 Å². The number of hydrogen-bond donors (Lipinski definition) is 3. The summed E-state index contributed by atoms with van der Waals surface area (Å²) in [6, 6.07) is 28.8. The van der Waals surface area contributed by atoms with Crippen LogP contribution in [0.4, 0.5) is 0 Å². The fourth-order valence-corrected chi connectivity index (χ4v) is 5.03. The Bertz CT molecular complexity index is 1520. The van der Waals surface area contributed by atoms with Crippen molar-refractivity contribution in [3.05, 3.63) is 120 Å². The minimum absolute atomic E-state index is 0.135. The lowest BCUT2D eigenvalue weighted by atomic mass is 10.1. The number of fused-ring (bicyclic) bond motifs is 1.